The van der Waals surface area contributed by atoms with Crippen LogP contribution < -0.4 is 24.0 Å². The van der Waals surface area contributed by atoms with Crippen LogP contribution in [0.5, 0.6) is 0 Å². The van der Waals surface area contributed by atoms with E-state index in [1.807, 2.05) is 13.8 Å². The largest absolute Gasteiger partial charge is 1.00 e. The number of rotatable bonds is 2. The van der Waals surface area contributed by atoms with Gasteiger partial charge >= 0.3 is 18.9 Å². The topological polar surface area (TPSA) is 66.2 Å². The fourth-order valence-corrected chi connectivity index (χ4v) is 0.648. The molecule has 0 saturated carbocycles. The molecule has 0 aliphatic heterocycles. The van der Waals surface area contributed by atoms with Crippen molar-refractivity contribution >= 4 is 5.97 Å². The molecule has 1 rings (SSSR count). The first-order valence-electron chi connectivity index (χ1n) is 3.28. The molecule has 0 aliphatic rings. The third-order valence-corrected chi connectivity index (χ3v) is 1.27. The third kappa shape index (κ3) is 2.40. The van der Waals surface area contributed by atoms with Gasteiger partial charge in [-0.2, -0.15) is 0 Å². The van der Waals surface area contributed by atoms with Crippen molar-refractivity contribution in [2.45, 2.75) is 19.8 Å². The van der Waals surface area contributed by atoms with E-state index in [1.165, 1.54) is 6.20 Å². The molecule has 4 nitrogen and oxygen atoms in total. The second kappa shape index (κ2) is 4.34. The fraction of sp³-hybridized carbons (Fsp3) is 0.429. The van der Waals surface area contributed by atoms with Gasteiger partial charge in [0.05, 0.1) is 6.20 Å². The molecule has 0 fully saturated rings. The Balaban J connectivity index is 0.00000121. The Morgan fingerprint density at radius 3 is 2.50 bits per heavy atom. The van der Waals surface area contributed by atoms with Crippen molar-refractivity contribution in [3.8, 4) is 0 Å². The quantitative estimate of drug-likeness (QED) is 0.438. The Bertz CT molecular complexity index is 269. The van der Waals surface area contributed by atoms with Crippen molar-refractivity contribution in [1.29, 1.82) is 0 Å². The maximum Gasteiger partial charge on any atom is 1.00 e. The summed E-state index contributed by atoms with van der Waals surface area (Å²) in [5.41, 5.74) is 0. The van der Waals surface area contributed by atoms with Crippen molar-refractivity contribution in [2.24, 2.45) is 0 Å². The van der Waals surface area contributed by atoms with Crippen molar-refractivity contribution in [3.63, 3.8) is 0 Å². The number of oxazole rings is 1. The number of carboxylic acid groups (broad SMARTS) is 1. The second-order valence-corrected chi connectivity index (χ2v) is 2.51. The zero-order chi connectivity index (χ0) is 8.43. The van der Waals surface area contributed by atoms with Crippen LogP contribution in [0.2, 0.25) is 0 Å². The van der Waals surface area contributed by atoms with Gasteiger partial charge in [-0.25, -0.2) is 4.98 Å². The summed E-state index contributed by atoms with van der Waals surface area (Å²) in [4.78, 5) is 13.7. The molecule has 0 radical (unpaired) electrons. The third-order valence-electron chi connectivity index (χ3n) is 1.27. The maximum atomic E-state index is 10.2. The van der Waals surface area contributed by atoms with Crippen molar-refractivity contribution in [3.05, 3.63) is 17.8 Å². The first kappa shape index (κ1) is 11.3. The van der Waals surface area contributed by atoms with Gasteiger partial charge < -0.3 is 14.3 Å². The molecule has 1 aromatic rings. The summed E-state index contributed by atoms with van der Waals surface area (Å²) in [5, 5.41) is 10.2. The minimum atomic E-state index is -1.38. The molecule has 1 heterocycles. The van der Waals surface area contributed by atoms with E-state index in [4.69, 9.17) is 4.42 Å². The number of aromatic nitrogens is 1. The molecule has 0 spiro atoms. The van der Waals surface area contributed by atoms with Crippen molar-refractivity contribution in [2.75, 3.05) is 0 Å². The van der Waals surface area contributed by atoms with E-state index >= 15 is 0 Å². The summed E-state index contributed by atoms with van der Waals surface area (Å²) in [6.45, 7) is 3.78. The molecule has 0 aliphatic carbocycles. The van der Waals surface area contributed by atoms with Gasteiger partial charge in [0.2, 0.25) is 5.89 Å². The van der Waals surface area contributed by atoms with Crippen LogP contribution in [0.25, 0.3) is 0 Å². The molecular formula is C7H8LiNO3. The van der Waals surface area contributed by atoms with Crippen LogP contribution in [0, 0.1) is 0 Å². The number of hydrogen-bond acceptors (Lipinski definition) is 4. The Hall–Kier alpha value is -0.723. The number of nitrogens with zero attached hydrogens (tertiary/aromatic N) is 1. The number of hydrogen-bond donors (Lipinski definition) is 0. The predicted octanol–water partition coefficient (Wildman–Crippen LogP) is -2.83. The number of aromatic carboxylic acids is 1. The minimum absolute atomic E-state index is 0. The summed E-state index contributed by atoms with van der Waals surface area (Å²) in [6.07, 6.45) is 1.40. The molecule has 12 heavy (non-hydrogen) atoms. The van der Waals surface area contributed by atoms with E-state index in [-0.39, 0.29) is 30.7 Å². The monoisotopic (exact) mass is 161 g/mol. The zero-order valence-corrected chi connectivity index (χ0v) is 7.33. The molecule has 0 aromatic carbocycles. The fourth-order valence-electron chi connectivity index (χ4n) is 0.648. The molecular weight excluding hydrogens is 153 g/mol. The average molecular weight is 161 g/mol. The van der Waals surface area contributed by atoms with Crippen LogP contribution in [0.15, 0.2) is 10.6 Å². The molecule has 5 heteroatoms. The number of carbonyl (C=O) groups excluding carboxylic acids is 1. The average Bonchev–Trinajstić information content (AvgIpc) is 2.33. The van der Waals surface area contributed by atoms with Gasteiger partial charge in [0.25, 0.3) is 0 Å². The van der Waals surface area contributed by atoms with E-state index in [0.717, 1.165) is 0 Å². The molecule has 1 aromatic heterocycles. The molecule has 0 bridgehead atoms. The maximum absolute atomic E-state index is 10.2. The van der Waals surface area contributed by atoms with Gasteiger partial charge in [-0.1, -0.05) is 13.8 Å². The Labute approximate surface area is 82.2 Å². The van der Waals surface area contributed by atoms with Gasteiger partial charge in [0, 0.05) is 5.92 Å². The smallest absolute Gasteiger partial charge is 0.540 e. The molecule has 0 N–H and O–H groups in total. The zero-order valence-electron chi connectivity index (χ0n) is 7.33. The van der Waals surface area contributed by atoms with Gasteiger partial charge in [0.15, 0.2) is 0 Å². The van der Waals surface area contributed by atoms with Crippen molar-refractivity contribution in [1.82, 2.24) is 4.98 Å². The molecule has 0 unspecified atom stereocenters. The summed E-state index contributed by atoms with van der Waals surface area (Å²) in [7, 11) is 0. The molecule has 0 amide bonds. The predicted molar refractivity (Wildman–Crippen MR) is 34.9 cm³/mol. The summed E-state index contributed by atoms with van der Waals surface area (Å²) in [5.74, 6) is -1.02. The molecule has 60 valence electrons. The van der Waals surface area contributed by atoms with E-state index < -0.39 is 5.97 Å². The summed E-state index contributed by atoms with van der Waals surface area (Å²) < 4.78 is 4.83. The number of carbonyl (C=O) groups is 1. The Kier molecular flexibility index (Phi) is 4.08. The van der Waals surface area contributed by atoms with E-state index in [0.29, 0.717) is 5.76 Å². The molecule has 0 atom stereocenters. The van der Waals surface area contributed by atoms with Crippen LogP contribution in [-0.4, -0.2) is 11.0 Å². The summed E-state index contributed by atoms with van der Waals surface area (Å²) in [6, 6.07) is 0. The Morgan fingerprint density at radius 1 is 1.67 bits per heavy atom. The van der Waals surface area contributed by atoms with Crippen LogP contribution in [0.3, 0.4) is 0 Å². The second-order valence-electron chi connectivity index (χ2n) is 2.51. The van der Waals surface area contributed by atoms with Gasteiger partial charge in [-0.05, 0) is 0 Å². The SMILES string of the molecule is CC(C)c1cnc(C(=O)[O-])o1.[Li+]. The minimum Gasteiger partial charge on any atom is -0.540 e. The van der Waals surface area contributed by atoms with E-state index in [1.54, 1.807) is 0 Å². The van der Waals surface area contributed by atoms with Crippen LogP contribution in [-0.2, 0) is 0 Å². The van der Waals surface area contributed by atoms with Gasteiger partial charge in [0.1, 0.15) is 11.7 Å². The normalized spacial score (nSPS) is 9.58. The number of carboxylic acids is 1. The van der Waals surface area contributed by atoms with Crippen molar-refractivity contribution < 1.29 is 33.2 Å². The molecule has 0 saturated heterocycles. The first-order valence-corrected chi connectivity index (χ1v) is 3.28. The van der Waals surface area contributed by atoms with Crippen LogP contribution in [0.1, 0.15) is 36.2 Å². The first-order chi connectivity index (χ1) is 5.11. The van der Waals surface area contributed by atoms with E-state index in [2.05, 4.69) is 4.98 Å². The summed E-state index contributed by atoms with van der Waals surface area (Å²) >= 11 is 0. The van der Waals surface area contributed by atoms with Gasteiger partial charge in [-0.3, -0.25) is 0 Å². The van der Waals surface area contributed by atoms with Crippen LogP contribution in [0.4, 0.5) is 0 Å². The standard InChI is InChI=1S/C7H9NO3.Li/c1-4(2)5-3-8-6(11-5)7(9)10;/h3-4H,1-2H3,(H,9,10);/q;+1/p-1. The Morgan fingerprint density at radius 2 is 2.25 bits per heavy atom. The van der Waals surface area contributed by atoms with E-state index in [9.17, 15) is 9.90 Å². The van der Waals surface area contributed by atoms with Gasteiger partial charge in [-0.15, -0.1) is 0 Å². The van der Waals surface area contributed by atoms with Crippen LogP contribution >= 0.6 is 0 Å².